The van der Waals surface area contributed by atoms with Gasteiger partial charge in [-0.15, -0.1) is 0 Å². The van der Waals surface area contributed by atoms with Crippen LogP contribution in [0.3, 0.4) is 0 Å². The second-order valence-electron chi connectivity index (χ2n) is 8.35. The summed E-state index contributed by atoms with van der Waals surface area (Å²) in [5.41, 5.74) is 1.29. The first-order valence-electron chi connectivity index (χ1n) is 9.21. The molecule has 3 saturated carbocycles. The van der Waals surface area contributed by atoms with Gasteiger partial charge in [0.05, 0.1) is 17.8 Å². The van der Waals surface area contributed by atoms with Crippen molar-refractivity contribution in [1.82, 2.24) is 0 Å². The molecule has 4 rings (SSSR count). The van der Waals surface area contributed by atoms with E-state index >= 15 is 0 Å². The van der Waals surface area contributed by atoms with Crippen LogP contribution in [0, 0.1) is 11.3 Å². The highest BCUT2D eigenvalue weighted by molar-refractivity contribution is 5.21. The van der Waals surface area contributed by atoms with Crippen molar-refractivity contribution >= 4 is 0 Å². The van der Waals surface area contributed by atoms with E-state index in [9.17, 15) is 9.50 Å². The van der Waals surface area contributed by atoms with Gasteiger partial charge in [0.25, 0.3) is 0 Å². The van der Waals surface area contributed by atoms with Crippen molar-refractivity contribution in [3.8, 4) is 0 Å². The van der Waals surface area contributed by atoms with Gasteiger partial charge in [-0.3, -0.25) is 0 Å². The first-order chi connectivity index (χ1) is 11.0. The zero-order valence-electron chi connectivity index (χ0n) is 14.3. The highest BCUT2D eigenvalue weighted by atomic mass is 19.1. The standard InChI is InChI=1S/C19H29FO3/c1-18(14(23-18)8-7-12-5-3-4-6-12)17-16(22-2)15(21)13(20)11-19(17)9-10-19/h7,13-17,21H,3-6,8-11H2,1-2H3/t13-,14+,15+,16+,17+,18-/m0/s1. The molecule has 0 aromatic rings. The summed E-state index contributed by atoms with van der Waals surface area (Å²) < 4.78 is 25.9. The number of rotatable bonds is 4. The Morgan fingerprint density at radius 1 is 1.35 bits per heavy atom. The van der Waals surface area contributed by atoms with Crippen molar-refractivity contribution in [1.29, 1.82) is 0 Å². The Morgan fingerprint density at radius 2 is 2.04 bits per heavy atom. The molecule has 4 aliphatic rings. The quantitative estimate of drug-likeness (QED) is 0.635. The zero-order valence-corrected chi connectivity index (χ0v) is 14.3. The van der Waals surface area contributed by atoms with E-state index in [0.717, 1.165) is 19.3 Å². The predicted molar refractivity (Wildman–Crippen MR) is 85.9 cm³/mol. The predicted octanol–water partition coefficient (Wildman–Crippen LogP) is 3.55. The van der Waals surface area contributed by atoms with Crippen LogP contribution in [0.1, 0.15) is 58.3 Å². The van der Waals surface area contributed by atoms with Gasteiger partial charge in [-0.1, -0.05) is 11.6 Å². The number of epoxide rings is 1. The number of methoxy groups -OCH3 is 1. The molecule has 3 aliphatic carbocycles. The largest absolute Gasteiger partial charge is 0.387 e. The molecule has 1 saturated heterocycles. The monoisotopic (exact) mass is 324 g/mol. The van der Waals surface area contributed by atoms with Gasteiger partial charge < -0.3 is 14.6 Å². The molecule has 0 aromatic carbocycles. The summed E-state index contributed by atoms with van der Waals surface area (Å²) in [7, 11) is 1.59. The third kappa shape index (κ3) is 2.58. The van der Waals surface area contributed by atoms with Gasteiger partial charge in [0.2, 0.25) is 0 Å². The summed E-state index contributed by atoms with van der Waals surface area (Å²) in [5.74, 6) is 0.106. The Labute approximate surface area is 138 Å². The van der Waals surface area contributed by atoms with Crippen molar-refractivity contribution in [3.05, 3.63) is 11.6 Å². The van der Waals surface area contributed by atoms with E-state index in [1.165, 1.54) is 25.7 Å². The topological polar surface area (TPSA) is 42.0 Å². The second-order valence-corrected chi connectivity index (χ2v) is 8.35. The average molecular weight is 324 g/mol. The molecule has 1 N–H and O–H groups in total. The molecule has 1 aliphatic heterocycles. The second kappa shape index (κ2) is 5.53. The van der Waals surface area contributed by atoms with Crippen LogP contribution in [0.4, 0.5) is 4.39 Å². The van der Waals surface area contributed by atoms with Crippen LogP contribution >= 0.6 is 0 Å². The van der Waals surface area contributed by atoms with E-state index in [0.29, 0.717) is 6.42 Å². The first-order valence-corrected chi connectivity index (χ1v) is 9.21. The molecule has 130 valence electrons. The lowest BCUT2D eigenvalue weighted by atomic mass is 9.65. The summed E-state index contributed by atoms with van der Waals surface area (Å²) in [4.78, 5) is 0. The molecule has 0 unspecified atom stereocenters. The molecule has 0 radical (unpaired) electrons. The molecule has 4 heteroatoms. The van der Waals surface area contributed by atoms with Crippen LogP contribution < -0.4 is 0 Å². The van der Waals surface area contributed by atoms with Crippen LogP contribution in [0.15, 0.2) is 11.6 Å². The van der Waals surface area contributed by atoms with Gasteiger partial charge >= 0.3 is 0 Å². The van der Waals surface area contributed by atoms with Crippen LogP contribution in [0.2, 0.25) is 0 Å². The van der Waals surface area contributed by atoms with Crippen LogP contribution in [0.5, 0.6) is 0 Å². The zero-order chi connectivity index (χ0) is 16.2. The Balaban J connectivity index is 1.50. The van der Waals surface area contributed by atoms with Crippen molar-refractivity contribution in [3.63, 3.8) is 0 Å². The van der Waals surface area contributed by atoms with E-state index in [1.807, 2.05) is 0 Å². The van der Waals surface area contributed by atoms with Crippen LogP contribution in [-0.2, 0) is 9.47 Å². The molecule has 6 atom stereocenters. The van der Waals surface area contributed by atoms with Gasteiger partial charge in [-0.05, 0) is 63.7 Å². The maximum absolute atomic E-state index is 14.2. The van der Waals surface area contributed by atoms with Crippen molar-refractivity contribution < 1.29 is 19.0 Å². The van der Waals surface area contributed by atoms with Crippen molar-refractivity contribution in [2.75, 3.05) is 7.11 Å². The SMILES string of the molecule is CO[C@@H]1[C@H](O)[C@@H](F)CC2(CC2)[C@H]1[C@@]1(C)O[C@@H]1CC=C1CCCC1. The third-order valence-corrected chi connectivity index (χ3v) is 6.92. The van der Waals surface area contributed by atoms with E-state index in [-0.39, 0.29) is 23.0 Å². The smallest absolute Gasteiger partial charge is 0.129 e. The molecule has 4 fully saturated rings. The number of hydrogen-bond donors (Lipinski definition) is 1. The molecular formula is C19H29FO3. The average Bonchev–Trinajstić information content (AvgIpc) is 3.35. The molecule has 0 bridgehead atoms. The number of aliphatic hydroxyl groups excluding tert-OH is 1. The molecular weight excluding hydrogens is 295 g/mol. The number of hydrogen-bond acceptors (Lipinski definition) is 3. The Kier molecular flexibility index (Phi) is 3.86. The van der Waals surface area contributed by atoms with Gasteiger partial charge in [-0.25, -0.2) is 4.39 Å². The van der Waals surface area contributed by atoms with Gasteiger partial charge in [0.15, 0.2) is 0 Å². The fourth-order valence-corrected chi connectivity index (χ4v) is 5.41. The summed E-state index contributed by atoms with van der Waals surface area (Å²) in [6.45, 7) is 2.15. The Bertz CT molecular complexity index is 493. The molecule has 0 aromatic heterocycles. The van der Waals surface area contributed by atoms with Crippen molar-refractivity contribution in [2.24, 2.45) is 11.3 Å². The lowest BCUT2D eigenvalue weighted by Crippen LogP contribution is -2.55. The highest BCUT2D eigenvalue weighted by Gasteiger charge is 2.71. The minimum Gasteiger partial charge on any atom is -0.387 e. The molecule has 0 amide bonds. The van der Waals surface area contributed by atoms with Crippen LogP contribution in [0.25, 0.3) is 0 Å². The normalized spacial score (nSPS) is 47.8. The van der Waals surface area contributed by atoms with E-state index in [1.54, 1.807) is 12.7 Å². The minimum atomic E-state index is -1.17. The molecule has 23 heavy (non-hydrogen) atoms. The van der Waals surface area contributed by atoms with E-state index in [2.05, 4.69) is 13.0 Å². The fourth-order valence-electron chi connectivity index (χ4n) is 5.41. The summed E-state index contributed by atoms with van der Waals surface area (Å²) >= 11 is 0. The Morgan fingerprint density at radius 3 is 2.65 bits per heavy atom. The maximum atomic E-state index is 14.2. The lowest BCUT2D eigenvalue weighted by Gasteiger charge is -2.44. The summed E-state index contributed by atoms with van der Waals surface area (Å²) in [6, 6.07) is 0. The summed E-state index contributed by atoms with van der Waals surface area (Å²) in [6.07, 6.45) is 8.51. The Hall–Kier alpha value is -0.450. The van der Waals surface area contributed by atoms with E-state index < -0.39 is 18.4 Å². The fraction of sp³-hybridized carbons (Fsp3) is 0.895. The molecule has 1 spiro atoms. The minimum absolute atomic E-state index is 0.0106. The molecule has 3 nitrogen and oxygen atoms in total. The number of aliphatic hydroxyl groups is 1. The van der Waals surface area contributed by atoms with Crippen LogP contribution in [-0.4, -0.2) is 42.3 Å². The third-order valence-electron chi connectivity index (χ3n) is 6.92. The van der Waals surface area contributed by atoms with Crippen molar-refractivity contribution in [2.45, 2.75) is 88.4 Å². The molecule has 1 heterocycles. The van der Waals surface area contributed by atoms with Gasteiger partial charge in [0, 0.05) is 13.0 Å². The number of ether oxygens (including phenoxy) is 2. The number of allylic oxidation sites excluding steroid dienone is 1. The lowest BCUT2D eigenvalue weighted by molar-refractivity contribution is -0.145. The van der Waals surface area contributed by atoms with Gasteiger partial charge in [0.1, 0.15) is 12.3 Å². The van der Waals surface area contributed by atoms with E-state index in [4.69, 9.17) is 9.47 Å². The number of alkyl halides is 1. The maximum Gasteiger partial charge on any atom is 0.129 e. The van der Waals surface area contributed by atoms with Gasteiger partial charge in [-0.2, -0.15) is 0 Å². The summed E-state index contributed by atoms with van der Waals surface area (Å²) in [5, 5.41) is 10.3. The highest BCUT2D eigenvalue weighted by Crippen LogP contribution is 2.67. The first kappa shape index (κ1) is 16.0. The number of halogens is 1.